The molecular formula is C38H61N4O5+. The van der Waals surface area contributed by atoms with Gasteiger partial charge in [-0.25, -0.2) is 0 Å². The predicted octanol–water partition coefficient (Wildman–Crippen LogP) is 4.66. The van der Waals surface area contributed by atoms with Crippen molar-refractivity contribution in [2.24, 2.45) is 22.6 Å². The first-order valence-electron chi connectivity index (χ1n) is 18.2. The van der Waals surface area contributed by atoms with Gasteiger partial charge in [0.05, 0.1) is 18.1 Å². The number of ether oxygens (including phenoxy) is 2. The number of nitrogens with one attached hydrogen (secondary N) is 2. The molecule has 9 nitrogen and oxygen atoms in total. The molecule has 8 N–H and O–H groups in total. The quantitative estimate of drug-likeness (QED) is 0.0573. The van der Waals surface area contributed by atoms with Crippen LogP contribution in [0.25, 0.3) is 0 Å². The maximum Gasteiger partial charge on any atom is 0.196 e. The number of aliphatic hydroxyl groups excluding tert-OH is 2. The molecule has 0 spiro atoms. The number of benzene rings is 1. The summed E-state index contributed by atoms with van der Waals surface area (Å²) in [6.07, 6.45) is 20.4. The average Bonchev–Trinajstić information content (AvgIpc) is 3.85. The van der Waals surface area contributed by atoms with Crippen LogP contribution in [-0.2, 0) is 6.42 Å². The van der Waals surface area contributed by atoms with E-state index in [2.05, 4.69) is 29.7 Å². The van der Waals surface area contributed by atoms with Crippen LogP contribution < -0.4 is 21.1 Å². The molecule has 1 saturated carbocycles. The monoisotopic (exact) mass is 653 g/mol. The standard InChI is InChI=1S/C38H60N4O5/c1-3-41-35(34-21-30(23-42-34)33(24-40-22-27(2)44)29-11-8-9-12-29)26-46-38-19-28(15-17-36(38)45)14-16-32-20-31(25-43)37(47-32)13-7-5-4-6-10-18-39/h15,17,19-21,23,27,29,33,35,37,40-41,43-44,47H,3-14,16,18,22,24-26,39H2,1-2H3/p+1/t27-,33+,35-,37?/m0/s1. The second kappa shape index (κ2) is 20.1. The summed E-state index contributed by atoms with van der Waals surface area (Å²) < 4.78 is 11.2. The molecule has 47 heavy (non-hydrogen) atoms. The van der Waals surface area contributed by atoms with Gasteiger partial charge in [-0.3, -0.25) is 5.32 Å². The van der Waals surface area contributed by atoms with E-state index >= 15 is 0 Å². The molecule has 1 aromatic carbocycles. The third kappa shape index (κ3) is 11.8. The number of aryl methyl sites for hydroxylation is 1. The Morgan fingerprint density at radius 2 is 1.94 bits per heavy atom. The molecule has 1 aromatic rings. The van der Waals surface area contributed by atoms with Gasteiger partial charge in [0.25, 0.3) is 0 Å². The van der Waals surface area contributed by atoms with Gasteiger partial charge in [0.1, 0.15) is 30.9 Å². The van der Waals surface area contributed by atoms with Gasteiger partial charge < -0.3 is 35.8 Å². The first-order chi connectivity index (χ1) is 22.9. The maximum atomic E-state index is 10.6. The van der Waals surface area contributed by atoms with Crippen molar-refractivity contribution in [3.63, 3.8) is 0 Å². The van der Waals surface area contributed by atoms with E-state index in [4.69, 9.17) is 20.2 Å². The number of rotatable bonds is 23. The topological polar surface area (TPSA) is 145 Å². The first kappa shape index (κ1) is 37.3. The second-order valence-corrected chi connectivity index (χ2v) is 13.6. The van der Waals surface area contributed by atoms with Crippen molar-refractivity contribution in [3.8, 4) is 11.5 Å². The lowest BCUT2D eigenvalue weighted by Gasteiger charge is -2.22. The summed E-state index contributed by atoms with van der Waals surface area (Å²) in [6, 6.07) is 5.46. The fourth-order valence-corrected chi connectivity index (χ4v) is 7.10. The fraction of sp³-hybridized carbons (Fsp3) is 0.658. The van der Waals surface area contributed by atoms with Crippen LogP contribution in [-0.4, -0.2) is 83.9 Å². The van der Waals surface area contributed by atoms with Gasteiger partial charge in [0.2, 0.25) is 0 Å². The van der Waals surface area contributed by atoms with E-state index in [9.17, 15) is 15.3 Å². The van der Waals surface area contributed by atoms with E-state index in [1.54, 1.807) is 6.07 Å². The molecule has 0 saturated heterocycles. The van der Waals surface area contributed by atoms with Crippen molar-refractivity contribution in [2.75, 3.05) is 39.4 Å². The highest BCUT2D eigenvalue weighted by atomic mass is 16.5. The van der Waals surface area contributed by atoms with Crippen molar-refractivity contribution in [1.82, 2.24) is 10.6 Å². The zero-order chi connectivity index (χ0) is 33.4. The van der Waals surface area contributed by atoms with Gasteiger partial charge in [-0.2, -0.15) is 0 Å². The average molecular weight is 654 g/mol. The highest BCUT2D eigenvalue weighted by Crippen LogP contribution is 2.38. The van der Waals surface area contributed by atoms with Gasteiger partial charge in [-0.15, -0.1) is 16.6 Å². The number of phenols is 1. The highest BCUT2D eigenvalue weighted by molar-refractivity contribution is 5.83. The van der Waals surface area contributed by atoms with Crippen LogP contribution in [0.3, 0.4) is 0 Å². The lowest BCUT2D eigenvalue weighted by atomic mass is 9.81. The Hall–Kier alpha value is -2.53. The summed E-state index contributed by atoms with van der Waals surface area (Å²) in [5.41, 5.74) is 8.63. The number of likely N-dealkylation sites (N-methyl/N-ethyl adjacent to an activating group) is 1. The molecule has 2 heterocycles. The van der Waals surface area contributed by atoms with Crippen molar-refractivity contribution in [1.29, 1.82) is 0 Å². The second-order valence-electron chi connectivity index (χ2n) is 13.6. The summed E-state index contributed by atoms with van der Waals surface area (Å²) in [6.45, 7) is 7.24. The summed E-state index contributed by atoms with van der Waals surface area (Å²) >= 11 is 0. The number of aliphatic imine (C=N–C) groups is 1. The van der Waals surface area contributed by atoms with Crippen molar-refractivity contribution in [2.45, 2.75) is 109 Å². The molecule has 0 radical (unpaired) electrons. The first-order valence-corrected chi connectivity index (χ1v) is 18.2. The normalized spacial score (nSPS) is 20.1. The predicted molar refractivity (Wildman–Crippen MR) is 190 cm³/mol. The largest absolute Gasteiger partial charge is 0.504 e. The molecular weight excluding hydrogens is 592 g/mol. The molecule has 9 heteroatoms. The fourth-order valence-electron chi connectivity index (χ4n) is 7.10. The van der Waals surface area contributed by atoms with Gasteiger partial charge in [-0.1, -0.05) is 45.1 Å². The molecule has 1 fully saturated rings. The number of phenolic OH excluding ortho intramolecular Hbond substituents is 1. The Balaban J connectivity index is 1.30. The number of hydrogen-bond donors (Lipinski definition) is 6. The Bertz CT molecular complexity index is 1150. The summed E-state index contributed by atoms with van der Waals surface area (Å²) in [7, 11) is 0. The summed E-state index contributed by atoms with van der Waals surface area (Å²) in [5, 5.41) is 37.3. The molecule has 0 amide bonds. The molecule has 1 aliphatic carbocycles. The Morgan fingerprint density at radius 3 is 2.68 bits per heavy atom. The van der Waals surface area contributed by atoms with Crippen LogP contribution in [0.5, 0.6) is 11.5 Å². The molecule has 2 aliphatic heterocycles. The zero-order valence-corrected chi connectivity index (χ0v) is 28.8. The van der Waals surface area contributed by atoms with Gasteiger partial charge >= 0.3 is 0 Å². The van der Waals surface area contributed by atoms with Crippen molar-refractivity contribution in [3.05, 3.63) is 59.2 Å². The number of nitrogens with zero attached hydrogens (tertiary/aromatic N) is 1. The smallest absolute Gasteiger partial charge is 0.196 e. The minimum absolute atomic E-state index is 0.0514. The van der Waals surface area contributed by atoms with Gasteiger partial charge in [-0.05, 0) is 82.2 Å². The number of aromatic hydroxyl groups is 1. The third-order valence-electron chi connectivity index (χ3n) is 9.75. The van der Waals surface area contributed by atoms with E-state index in [-0.39, 0.29) is 30.6 Å². The molecule has 0 aromatic heterocycles. The van der Waals surface area contributed by atoms with E-state index in [0.29, 0.717) is 30.7 Å². The number of allylic oxidation sites excluding steroid dienone is 1. The molecule has 4 rings (SSSR count). The lowest BCUT2D eigenvalue weighted by Crippen LogP contribution is -2.36. The SMILES string of the molecule is CCN[C@@H](COc1cc(CC[C-]2C=C(CO)C(CCCCCCCN)[OH+]2)ccc1O)C1=C[C+]([C@H](CNC[C@H](C)O)C2CCCC2)C=N1. The summed E-state index contributed by atoms with van der Waals surface area (Å²) in [5.74, 6) is 2.84. The van der Waals surface area contributed by atoms with Gasteiger partial charge in [0.15, 0.2) is 23.2 Å². The summed E-state index contributed by atoms with van der Waals surface area (Å²) in [4.78, 5) is 4.83. The molecule has 1 unspecified atom stereocenters. The zero-order valence-electron chi connectivity index (χ0n) is 28.8. The Kier molecular flexibility index (Phi) is 15.9. The van der Waals surface area contributed by atoms with E-state index in [1.165, 1.54) is 50.9 Å². The van der Waals surface area contributed by atoms with E-state index in [0.717, 1.165) is 74.7 Å². The molecule has 3 aliphatic rings. The lowest BCUT2D eigenvalue weighted by molar-refractivity contribution is -0.0552. The van der Waals surface area contributed by atoms with Crippen LogP contribution in [0.4, 0.5) is 0 Å². The van der Waals surface area contributed by atoms with Crippen LogP contribution in [0.15, 0.2) is 46.6 Å². The number of unbranched alkanes of at least 4 members (excludes halogenated alkanes) is 4. The van der Waals surface area contributed by atoms with Crippen molar-refractivity contribution >= 4 is 6.21 Å². The minimum atomic E-state index is -0.366. The Morgan fingerprint density at radius 1 is 1.15 bits per heavy atom. The van der Waals surface area contributed by atoms with Gasteiger partial charge in [0, 0.05) is 26.1 Å². The molecule has 262 valence electrons. The van der Waals surface area contributed by atoms with E-state index in [1.807, 2.05) is 25.3 Å². The van der Waals surface area contributed by atoms with E-state index < -0.39 is 0 Å². The van der Waals surface area contributed by atoms with Crippen LogP contribution in [0.1, 0.15) is 90.0 Å². The maximum absolute atomic E-state index is 10.6. The highest BCUT2D eigenvalue weighted by Gasteiger charge is 2.39. The number of nitrogens with two attached hydrogens (primary N) is 1. The van der Waals surface area contributed by atoms with Crippen LogP contribution in [0.2, 0.25) is 0 Å². The van der Waals surface area contributed by atoms with Crippen LogP contribution >= 0.6 is 0 Å². The third-order valence-corrected chi connectivity index (χ3v) is 9.75. The van der Waals surface area contributed by atoms with Crippen LogP contribution in [0, 0.1) is 23.9 Å². The molecule has 4 atom stereocenters. The Labute approximate surface area is 283 Å². The van der Waals surface area contributed by atoms with Crippen molar-refractivity contribution < 1.29 is 24.8 Å². The minimum Gasteiger partial charge on any atom is -0.504 e. The number of hydrogen-bond acceptors (Lipinski definition) is 8. The number of aliphatic hydroxyl groups is 4. The molecule has 0 bridgehead atoms.